The molecule has 9 heavy (non-hydrogen) atoms. The van der Waals surface area contributed by atoms with Gasteiger partial charge in [-0.2, -0.15) is 0 Å². The Balaban J connectivity index is -0.0000000312. The molecule has 2 atom stereocenters. The van der Waals surface area contributed by atoms with Crippen LogP contribution in [0.3, 0.4) is 0 Å². The summed E-state index contributed by atoms with van der Waals surface area (Å²) in [6.45, 7) is 0. The Hall–Kier alpha value is 5.28. The van der Waals surface area contributed by atoms with Gasteiger partial charge in [0, 0.05) is 131 Å². The van der Waals surface area contributed by atoms with E-state index in [4.69, 9.17) is 0 Å². The summed E-state index contributed by atoms with van der Waals surface area (Å²) in [6, 6.07) is 0. The summed E-state index contributed by atoms with van der Waals surface area (Å²) in [5.74, 6) is 1.56. The molecule has 4 radical (unpaired) electrons. The Bertz CT molecular complexity index is 25.4. The minimum atomic E-state index is 0. The SMILES string of the molecule is C1CPCP1.[Y].[Y].[Y].[Y]. The van der Waals surface area contributed by atoms with Crippen LogP contribution in [0.25, 0.3) is 0 Å². The van der Waals surface area contributed by atoms with Crippen molar-refractivity contribution in [2.45, 2.75) is 0 Å². The average Bonchev–Trinajstić information content (AvgIpc) is 1.76. The third-order valence-corrected chi connectivity index (χ3v) is 4.44. The zero-order valence-electron chi connectivity index (χ0n) is 5.43. The van der Waals surface area contributed by atoms with E-state index in [9.17, 15) is 0 Å². The molecule has 1 aliphatic rings. The van der Waals surface area contributed by atoms with Gasteiger partial charge in [0.25, 0.3) is 0 Å². The Labute approximate surface area is 162 Å². The molecule has 0 N–H and O–H groups in total. The predicted octanol–water partition coefficient (Wildman–Crippen LogP) is 1.30. The minimum Gasteiger partial charge on any atom is -0.118 e. The van der Waals surface area contributed by atoms with Gasteiger partial charge in [-0.25, -0.2) is 0 Å². The molecule has 0 spiro atoms. The molecule has 0 saturated carbocycles. The summed E-state index contributed by atoms with van der Waals surface area (Å²) in [5, 5.41) is 0. The van der Waals surface area contributed by atoms with E-state index >= 15 is 0 Å². The fourth-order valence-electron chi connectivity index (χ4n) is 0.442. The molecule has 0 aromatic heterocycles. The fraction of sp³-hybridized carbons (Fsp3) is 1.00. The van der Waals surface area contributed by atoms with Crippen LogP contribution >= 0.6 is 17.2 Å². The Morgan fingerprint density at radius 1 is 0.667 bits per heavy atom. The first-order valence-electron chi connectivity index (χ1n) is 1.91. The molecule has 1 fully saturated rings. The summed E-state index contributed by atoms with van der Waals surface area (Å²) in [6.07, 6.45) is 3.08. The Morgan fingerprint density at radius 2 is 1.00 bits per heavy atom. The van der Waals surface area contributed by atoms with Gasteiger partial charge in [0.05, 0.1) is 0 Å². The van der Waals surface area contributed by atoms with Crippen molar-refractivity contribution in [3.05, 3.63) is 0 Å². The van der Waals surface area contributed by atoms with Gasteiger partial charge in [-0.3, -0.25) is 0 Å². The number of rotatable bonds is 0. The number of hydrogen-bond donors (Lipinski definition) is 0. The van der Waals surface area contributed by atoms with E-state index in [1.807, 2.05) is 0 Å². The van der Waals surface area contributed by atoms with E-state index in [1.165, 1.54) is 17.2 Å². The van der Waals surface area contributed by atoms with Gasteiger partial charge in [-0.15, -0.1) is 17.2 Å². The Morgan fingerprint density at radius 3 is 1.11 bits per heavy atom. The van der Waals surface area contributed by atoms with Crippen LogP contribution in [0.2, 0.25) is 0 Å². The Kier molecular flexibility index (Phi) is 50.2. The monoisotopic (exact) mass is 462 g/mol. The van der Waals surface area contributed by atoms with Crippen LogP contribution in [0, 0.1) is 0 Å². The zero-order chi connectivity index (χ0) is 3.54. The maximum atomic E-state index is 1.56. The van der Waals surface area contributed by atoms with Crippen molar-refractivity contribution in [3.63, 3.8) is 0 Å². The summed E-state index contributed by atoms with van der Waals surface area (Å²) in [5.41, 5.74) is 0. The molecule has 0 aromatic rings. The predicted molar refractivity (Wildman–Crippen MR) is 31.2 cm³/mol. The van der Waals surface area contributed by atoms with Gasteiger partial charge < -0.3 is 0 Å². The van der Waals surface area contributed by atoms with E-state index in [1.54, 1.807) is 18.2 Å². The van der Waals surface area contributed by atoms with Crippen LogP contribution in [0.1, 0.15) is 0 Å². The van der Waals surface area contributed by atoms with Crippen molar-refractivity contribution in [2.24, 2.45) is 0 Å². The van der Waals surface area contributed by atoms with Gasteiger partial charge in [0.15, 0.2) is 0 Å². The van der Waals surface area contributed by atoms with Gasteiger partial charge in [-0.05, 0) is 18.2 Å². The quantitative estimate of drug-likeness (QED) is 0.477. The third kappa shape index (κ3) is 16.0. The van der Waals surface area contributed by atoms with Gasteiger partial charge in [0.1, 0.15) is 0 Å². The summed E-state index contributed by atoms with van der Waals surface area (Å²) >= 11 is 0. The van der Waals surface area contributed by atoms with Crippen molar-refractivity contribution < 1.29 is 131 Å². The molecule has 1 aliphatic heterocycles. The molecule has 0 bridgehead atoms. The van der Waals surface area contributed by atoms with Crippen molar-refractivity contribution in [2.75, 3.05) is 18.2 Å². The van der Waals surface area contributed by atoms with E-state index in [0.29, 0.717) is 0 Å². The smallest absolute Gasteiger partial charge is 0 e. The van der Waals surface area contributed by atoms with Crippen molar-refractivity contribution in [1.82, 2.24) is 0 Å². The second kappa shape index (κ2) is 18.9. The van der Waals surface area contributed by atoms with E-state index in [2.05, 4.69) is 0 Å². The summed E-state index contributed by atoms with van der Waals surface area (Å²) < 4.78 is 0. The molecule has 1 heterocycles. The van der Waals surface area contributed by atoms with Crippen LogP contribution in [0.15, 0.2) is 0 Å². The van der Waals surface area contributed by atoms with E-state index in [-0.39, 0.29) is 131 Å². The molecule has 0 nitrogen and oxygen atoms in total. The van der Waals surface area contributed by atoms with Crippen molar-refractivity contribution in [1.29, 1.82) is 0 Å². The molecule has 1 rings (SSSR count). The van der Waals surface area contributed by atoms with Crippen LogP contribution < -0.4 is 0 Å². The second-order valence-electron chi connectivity index (χ2n) is 1.18. The third-order valence-electron chi connectivity index (χ3n) is 0.729. The maximum Gasteiger partial charge on any atom is 0 e. The van der Waals surface area contributed by atoms with Crippen molar-refractivity contribution in [3.8, 4) is 0 Å². The van der Waals surface area contributed by atoms with Gasteiger partial charge >= 0.3 is 0 Å². The second-order valence-corrected chi connectivity index (χ2v) is 4.59. The molecule has 0 amide bonds. The molecule has 6 heteroatoms. The van der Waals surface area contributed by atoms with Gasteiger partial charge in [-0.1, -0.05) is 0 Å². The molecular weight excluding hydrogens is 454 g/mol. The summed E-state index contributed by atoms with van der Waals surface area (Å²) in [7, 11) is 2.64. The fourth-order valence-corrected chi connectivity index (χ4v) is 3.98. The van der Waals surface area contributed by atoms with Gasteiger partial charge in [0.2, 0.25) is 0 Å². The first-order valence-corrected chi connectivity index (χ1v) is 4.74. The zero-order valence-corrected chi connectivity index (χ0v) is 18.8. The molecule has 0 aliphatic carbocycles. The molecule has 1 saturated heterocycles. The van der Waals surface area contributed by atoms with E-state index in [0.717, 1.165) is 0 Å². The number of hydrogen-bond acceptors (Lipinski definition) is 0. The van der Waals surface area contributed by atoms with Crippen LogP contribution in [-0.4, -0.2) is 18.2 Å². The molecule has 0 aromatic carbocycles. The summed E-state index contributed by atoms with van der Waals surface area (Å²) in [4.78, 5) is 0. The van der Waals surface area contributed by atoms with Crippen molar-refractivity contribution >= 4 is 17.2 Å². The minimum absolute atomic E-state index is 0. The molecule has 42 valence electrons. The largest absolute Gasteiger partial charge is 0.118 e. The normalized spacial score (nSPS) is 18.7. The van der Waals surface area contributed by atoms with Crippen LogP contribution in [-0.2, 0) is 131 Å². The van der Waals surface area contributed by atoms with Crippen LogP contribution in [0.4, 0.5) is 0 Å². The van der Waals surface area contributed by atoms with E-state index < -0.39 is 0 Å². The standard InChI is InChI=1S/C3H8P2.4Y/c1-2-5-3-4-1;;;;/h4-5H,1-3H2;;;;. The molecular formula is C3H8P2Y4. The molecule has 2 unspecified atom stereocenters. The first-order chi connectivity index (χ1) is 2.50. The first kappa shape index (κ1) is 23.8. The van der Waals surface area contributed by atoms with Crippen LogP contribution in [0.5, 0.6) is 0 Å². The average molecular weight is 462 g/mol. The maximum absolute atomic E-state index is 1.56. The topological polar surface area (TPSA) is 0 Å².